The highest BCUT2D eigenvalue weighted by Crippen LogP contribution is 2.33. The van der Waals surface area contributed by atoms with Gasteiger partial charge >= 0.3 is 0 Å². The van der Waals surface area contributed by atoms with Crippen molar-refractivity contribution in [3.8, 4) is 0 Å². The Morgan fingerprint density at radius 3 is 2.59 bits per heavy atom. The number of sulfone groups is 1. The van der Waals surface area contributed by atoms with Gasteiger partial charge in [-0.3, -0.25) is 9.69 Å². The van der Waals surface area contributed by atoms with Crippen molar-refractivity contribution in [3.05, 3.63) is 53.6 Å². The molecule has 1 aliphatic rings. The number of hydrogen-bond donors (Lipinski definition) is 0. The number of rotatable bonds is 7. The summed E-state index contributed by atoms with van der Waals surface area (Å²) in [6.45, 7) is 6.52. The number of amides is 1. The highest BCUT2D eigenvalue weighted by atomic mass is 32.2. The number of aromatic nitrogens is 1. The zero-order chi connectivity index (χ0) is 22.9. The minimum atomic E-state index is -3.39. The molecule has 4 rings (SSSR count). The summed E-state index contributed by atoms with van der Waals surface area (Å²) in [6.07, 6.45) is 2.72. The lowest BCUT2D eigenvalue weighted by atomic mass is 10.1. The molecule has 0 spiro atoms. The molecule has 1 amide bonds. The van der Waals surface area contributed by atoms with Crippen LogP contribution in [0.4, 0.5) is 5.13 Å². The largest absolute Gasteiger partial charge is 0.376 e. The SMILES string of the molecule is CCc1cccc2sc(N(CC3CCCO3)C(=O)c3ccc(S(=O)(=O)C(C)C)cc3)nc12. The third-order valence-electron chi connectivity index (χ3n) is 5.81. The number of fused-ring (bicyclic) bond motifs is 1. The van der Waals surface area contributed by atoms with E-state index >= 15 is 0 Å². The fourth-order valence-electron chi connectivity index (χ4n) is 3.85. The van der Waals surface area contributed by atoms with Crippen LogP contribution in [0.5, 0.6) is 0 Å². The third kappa shape index (κ3) is 4.44. The van der Waals surface area contributed by atoms with E-state index in [1.807, 2.05) is 12.1 Å². The van der Waals surface area contributed by atoms with E-state index in [0.29, 0.717) is 23.8 Å². The second-order valence-electron chi connectivity index (χ2n) is 8.28. The summed E-state index contributed by atoms with van der Waals surface area (Å²) >= 11 is 1.50. The summed E-state index contributed by atoms with van der Waals surface area (Å²) in [6, 6.07) is 12.3. The van der Waals surface area contributed by atoms with E-state index in [0.717, 1.165) is 35.0 Å². The van der Waals surface area contributed by atoms with Crippen molar-refractivity contribution in [3.63, 3.8) is 0 Å². The minimum Gasteiger partial charge on any atom is -0.376 e. The summed E-state index contributed by atoms with van der Waals surface area (Å²) in [4.78, 5) is 20.3. The predicted molar refractivity (Wildman–Crippen MR) is 128 cm³/mol. The number of benzene rings is 2. The molecule has 0 saturated carbocycles. The number of carbonyl (C=O) groups is 1. The van der Waals surface area contributed by atoms with Crippen molar-refractivity contribution in [2.45, 2.75) is 56.3 Å². The molecule has 3 aromatic rings. The van der Waals surface area contributed by atoms with E-state index in [1.54, 1.807) is 30.9 Å². The number of aryl methyl sites for hydroxylation is 1. The monoisotopic (exact) mass is 472 g/mol. The molecule has 2 aromatic carbocycles. The molecule has 1 fully saturated rings. The van der Waals surface area contributed by atoms with Gasteiger partial charge in [0.25, 0.3) is 5.91 Å². The van der Waals surface area contributed by atoms with Crippen molar-refractivity contribution in [2.75, 3.05) is 18.1 Å². The van der Waals surface area contributed by atoms with Gasteiger partial charge in [-0.05, 0) is 69.0 Å². The summed E-state index contributed by atoms with van der Waals surface area (Å²) in [5.41, 5.74) is 2.51. The number of anilines is 1. The molecule has 1 saturated heterocycles. The van der Waals surface area contributed by atoms with Crippen LogP contribution >= 0.6 is 11.3 Å². The van der Waals surface area contributed by atoms with Crippen LogP contribution in [-0.2, 0) is 21.0 Å². The molecular formula is C24H28N2O4S2. The van der Waals surface area contributed by atoms with E-state index in [9.17, 15) is 13.2 Å². The van der Waals surface area contributed by atoms with Gasteiger partial charge in [-0.25, -0.2) is 13.4 Å². The number of nitrogens with zero attached hydrogens (tertiary/aromatic N) is 2. The Hall–Kier alpha value is -2.29. The quantitative estimate of drug-likeness (QED) is 0.490. The third-order valence-corrected chi connectivity index (χ3v) is 9.02. The summed E-state index contributed by atoms with van der Waals surface area (Å²) in [5, 5.41) is 0.121. The molecular weight excluding hydrogens is 444 g/mol. The van der Waals surface area contributed by atoms with Gasteiger partial charge in [-0.15, -0.1) is 0 Å². The van der Waals surface area contributed by atoms with Gasteiger partial charge < -0.3 is 4.74 Å². The van der Waals surface area contributed by atoms with Gasteiger partial charge in [0.15, 0.2) is 15.0 Å². The smallest absolute Gasteiger partial charge is 0.260 e. The first-order valence-corrected chi connectivity index (χ1v) is 13.3. The lowest BCUT2D eigenvalue weighted by Crippen LogP contribution is -2.37. The fraction of sp³-hybridized carbons (Fsp3) is 0.417. The van der Waals surface area contributed by atoms with Crippen LogP contribution in [0.25, 0.3) is 10.2 Å². The maximum absolute atomic E-state index is 13.5. The number of ether oxygens (including phenoxy) is 1. The van der Waals surface area contributed by atoms with E-state index in [2.05, 4.69) is 13.0 Å². The Balaban J connectivity index is 1.70. The van der Waals surface area contributed by atoms with Crippen LogP contribution in [0, 0.1) is 0 Å². The summed E-state index contributed by atoms with van der Waals surface area (Å²) in [7, 11) is -3.39. The molecule has 32 heavy (non-hydrogen) atoms. The van der Waals surface area contributed by atoms with Crippen molar-refractivity contribution >= 4 is 42.4 Å². The first-order valence-electron chi connectivity index (χ1n) is 11.0. The van der Waals surface area contributed by atoms with Crippen LogP contribution in [0.2, 0.25) is 0 Å². The van der Waals surface area contributed by atoms with Crippen LogP contribution in [0.15, 0.2) is 47.4 Å². The van der Waals surface area contributed by atoms with E-state index in [4.69, 9.17) is 9.72 Å². The van der Waals surface area contributed by atoms with Crippen LogP contribution in [0.1, 0.15) is 49.5 Å². The van der Waals surface area contributed by atoms with Gasteiger partial charge in [0.2, 0.25) is 0 Å². The van der Waals surface area contributed by atoms with Crippen molar-refractivity contribution in [1.82, 2.24) is 4.98 Å². The van der Waals surface area contributed by atoms with Gasteiger partial charge in [0.05, 0.1) is 33.0 Å². The van der Waals surface area contributed by atoms with Gasteiger partial charge in [0.1, 0.15) is 0 Å². The lowest BCUT2D eigenvalue weighted by molar-refractivity contribution is 0.0917. The number of thiazole rings is 1. The molecule has 6 nitrogen and oxygen atoms in total. The van der Waals surface area contributed by atoms with Crippen molar-refractivity contribution < 1.29 is 17.9 Å². The van der Waals surface area contributed by atoms with Crippen LogP contribution in [0.3, 0.4) is 0 Å². The molecule has 1 atom stereocenters. The predicted octanol–water partition coefficient (Wildman–Crippen LogP) is 4.87. The Bertz CT molecular complexity index is 1210. The zero-order valence-electron chi connectivity index (χ0n) is 18.6. The van der Waals surface area contributed by atoms with E-state index in [-0.39, 0.29) is 16.9 Å². The molecule has 1 aromatic heterocycles. The average molecular weight is 473 g/mol. The molecule has 2 heterocycles. The minimum absolute atomic E-state index is 0.0304. The standard InChI is InChI=1S/C24H28N2O4S2/c1-4-17-7-5-9-21-22(17)25-24(31-21)26(15-19-8-6-14-30-19)23(27)18-10-12-20(13-11-18)32(28,29)16(2)3/h5,7,9-13,16,19H,4,6,8,14-15H2,1-3H3. The van der Waals surface area contributed by atoms with Crippen molar-refractivity contribution in [2.24, 2.45) is 0 Å². The molecule has 0 aliphatic carbocycles. The van der Waals surface area contributed by atoms with Gasteiger partial charge in [-0.1, -0.05) is 30.4 Å². The Kier molecular flexibility index (Phi) is 6.65. The highest BCUT2D eigenvalue weighted by Gasteiger charge is 2.28. The molecule has 170 valence electrons. The normalized spacial score (nSPS) is 16.7. The molecule has 0 bridgehead atoms. The van der Waals surface area contributed by atoms with E-state index in [1.165, 1.54) is 23.5 Å². The maximum atomic E-state index is 13.5. The van der Waals surface area contributed by atoms with Crippen molar-refractivity contribution in [1.29, 1.82) is 0 Å². The molecule has 0 N–H and O–H groups in total. The Morgan fingerprint density at radius 2 is 1.97 bits per heavy atom. The maximum Gasteiger partial charge on any atom is 0.260 e. The number of para-hydroxylation sites is 1. The van der Waals surface area contributed by atoms with Gasteiger partial charge in [-0.2, -0.15) is 0 Å². The average Bonchev–Trinajstić information content (AvgIpc) is 3.46. The summed E-state index contributed by atoms with van der Waals surface area (Å²) < 4.78 is 31.7. The Labute approximate surface area is 193 Å². The van der Waals surface area contributed by atoms with Crippen LogP contribution in [-0.4, -0.2) is 43.8 Å². The second kappa shape index (κ2) is 9.29. The van der Waals surface area contributed by atoms with Gasteiger partial charge in [0, 0.05) is 12.2 Å². The Morgan fingerprint density at radius 1 is 1.22 bits per heavy atom. The van der Waals surface area contributed by atoms with E-state index < -0.39 is 15.1 Å². The molecule has 1 aliphatic heterocycles. The number of hydrogen-bond acceptors (Lipinski definition) is 6. The molecule has 1 unspecified atom stereocenters. The highest BCUT2D eigenvalue weighted by molar-refractivity contribution is 7.92. The first kappa shape index (κ1) is 22.9. The zero-order valence-corrected chi connectivity index (χ0v) is 20.2. The topological polar surface area (TPSA) is 76.6 Å². The fourth-order valence-corrected chi connectivity index (χ4v) is 5.93. The lowest BCUT2D eigenvalue weighted by Gasteiger charge is -2.23. The molecule has 0 radical (unpaired) electrons. The second-order valence-corrected chi connectivity index (χ2v) is 11.8. The summed E-state index contributed by atoms with van der Waals surface area (Å²) in [5.74, 6) is -0.203. The number of carbonyl (C=O) groups excluding carboxylic acids is 1. The molecule has 8 heteroatoms. The first-order chi connectivity index (χ1) is 15.3. The van der Waals surface area contributed by atoms with Crippen LogP contribution < -0.4 is 4.90 Å².